The number of nitro benzene ring substituents is 1. The van der Waals surface area contributed by atoms with E-state index >= 15 is 0 Å². The lowest BCUT2D eigenvalue weighted by atomic mass is 10.1. The molecule has 1 rings (SSSR count). The number of aliphatic carboxylic acids is 1. The van der Waals surface area contributed by atoms with Crippen molar-refractivity contribution in [3.63, 3.8) is 0 Å². The molecule has 0 amide bonds. The minimum Gasteiger partial charge on any atom is -0.496 e. The van der Waals surface area contributed by atoms with Crippen molar-refractivity contribution in [2.45, 2.75) is 6.54 Å². The molecule has 0 radical (unpaired) electrons. The number of hydrogen-bond acceptors (Lipinski definition) is 6. The van der Waals surface area contributed by atoms with E-state index in [0.717, 1.165) is 0 Å². The van der Waals surface area contributed by atoms with E-state index in [9.17, 15) is 14.9 Å². The van der Waals surface area contributed by atoms with Crippen LogP contribution in [-0.2, 0) is 16.1 Å². The predicted molar refractivity (Wildman–Crippen MR) is 74.4 cm³/mol. The first kappa shape index (κ1) is 16.9. The molecule has 8 nitrogen and oxygen atoms in total. The smallest absolute Gasteiger partial charge is 0.317 e. The predicted octanol–water partition coefficient (Wildman–Crippen LogP) is 1.14. The fourth-order valence-corrected chi connectivity index (χ4v) is 1.87. The molecule has 0 spiro atoms. The van der Waals surface area contributed by atoms with Gasteiger partial charge in [0.2, 0.25) is 0 Å². The number of ether oxygens (including phenoxy) is 2. The fraction of sp³-hybridized carbons (Fsp3) is 0.462. The molecule has 1 aromatic carbocycles. The molecular weight excluding hydrogens is 280 g/mol. The van der Waals surface area contributed by atoms with Gasteiger partial charge in [0.25, 0.3) is 5.69 Å². The number of methoxy groups -OCH3 is 2. The zero-order chi connectivity index (χ0) is 15.8. The highest BCUT2D eigenvalue weighted by atomic mass is 16.6. The molecule has 0 aliphatic rings. The summed E-state index contributed by atoms with van der Waals surface area (Å²) in [6.45, 7) is 0.800. The zero-order valence-corrected chi connectivity index (χ0v) is 11.9. The molecule has 1 aromatic rings. The third-order valence-electron chi connectivity index (χ3n) is 2.84. The monoisotopic (exact) mass is 298 g/mol. The maximum Gasteiger partial charge on any atom is 0.317 e. The highest BCUT2D eigenvalue weighted by Crippen LogP contribution is 2.25. The molecular formula is C13H18N2O6. The Hall–Kier alpha value is -2.19. The first-order valence-electron chi connectivity index (χ1n) is 6.22. The summed E-state index contributed by atoms with van der Waals surface area (Å²) in [6, 6.07) is 4.24. The van der Waals surface area contributed by atoms with E-state index in [1.807, 2.05) is 0 Å². The van der Waals surface area contributed by atoms with E-state index < -0.39 is 10.9 Å². The van der Waals surface area contributed by atoms with Crippen molar-refractivity contribution in [1.29, 1.82) is 0 Å². The number of benzene rings is 1. The van der Waals surface area contributed by atoms with Crippen molar-refractivity contribution in [2.24, 2.45) is 0 Å². The number of carbonyl (C=O) groups is 1. The van der Waals surface area contributed by atoms with Crippen LogP contribution in [0.2, 0.25) is 0 Å². The van der Waals surface area contributed by atoms with Gasteiger partial charge in [-0.05, 0) is 6.07 Å². The van der Waals surface area contributed by atoms with Crippen LogP contribution in [0.3, 0.4) is 0 Å². The summed E-state index contributed by atoms with van der Waals surface area (Å²) in [5.41, 5.74) is 0.497. The molecule has 0 aliphatic heterocycles. The Labute approximate surface area is 122 Å². The third-order valence-corrected chi connectivity index (χ3v) is 2.84. The third kappa shape index (κ3) is 5.36. The maximum atomic E-state index is 10.9. The second-order valence-electron chi connectivity index (χ2n) is 4.35. The van der Waals surface area contributed by atoms with Gasteiger partial charge in [-0.1, -0.05) is 0 Å². The van der Waals surface area contributed by atoms with Crippen LogP contribution in [0.1, 0.15) is 5.56 Å². The molecule has 0 heterocycles. The number of nitro groups is 1. The largest absolute Gasteiger partial charge is 0.496 e. The number of hydrogen-bond donors (Lipinski definition) is 1. The van der Waals surface area contributed by atoms with Crippen LogP contribution in [0.25, 0.3) is 0 Å². The van der Waals surface area contributed by atoms with Gasteiger partial charge in [0, 0.05) is 37.9 Å². The van der Waals surface area contributed by atoms with Gasteiger partial charge in [-0.3, -0.25) is 19.8 Å². The van der Waals surface area contributed by atoms with Crippen LogP contribution in [0, 0.1) is 10.1 Å². The highest BCUT2D eigenvalue weighted by molar-refractivity contribution is 5.69. The van der Waals surface area contributed by atoms with E-state index in [1.165, 1.54) is 32.4 Å². The van der Waals surface area contributed by atoms with Crippen LogP contribution in [0.5, 0.6) is 5.75 Å². The number of non-ortho nitro benzene ring substituents is 1. The SMILES string of the molecule is COCCN(CC(=O)O)Cc1cc([N+](=O)[O-])ccc1OC. The molecule has 116 valence electrons. The molecule has 21 heavy (non-hydrogen) atoms. The Morgan fingerprint density at radius 1 is 1.43 bits per heavy atom. The maximum absolute atomic E-state index is 10.9. The van der Waals surface area contributed by atoms with Crippen molar-refractivity contribution in [2.75, 3.05) is 33.9 Å². The Kier molecular flexibility index (Phi) is 6.57. The topological polar surface area (TPSA) is 102 Å². The first-order valence-corrected chi connectivity index (χ1v) is 6.22. The number of carboxylic acids is 1. The second-order valence-corrected chi connectivity index (χ2v) is 4.35. The standard InChI is InChI=1S/C13H18N2O6/c1-20-6-5-14(9-13(16)17)8-10-7-11(15(18)19)3-4-12(10)21-2/h3-4,7H,5-6,8-9H2,1-2H3,(H,16,17). The van der Waals surface area contributed by atoms with Crippen LogP contribution in [0.4, 0.5) is 5.69 Å². The number of rotatable bonds is 9. The molecule has 1 N–H and O–H groups in total. The van der Waals surface area contributed by atoms with E-state index in [0.29, 0.717) is 24.5 Å². The second kappa shape index (κ2) is 8.18. The average molecular weight is 298 g/mol. The summed E-state index contributed by atoms with van der Waals surface area (Å²) in [5, 5.41) is 19.7. The first-order chi connectivity index (χ1) is 9.97. The van der Waals surface area contributed by atoms with Gasteiger partial charge < -0.3 is 14.6 Å². The summed E-state index contributed by atoms with van der Waals surface area (Å²) in [7, 11) is 2.98. The number of nitrogens with zero attached hydrogens (tertiary/aromatic N) is 2. The minimum atomic E-state index is -0.976. The lowest BCUT2D eigenvalue weighted by Crippen LogP contribution is -2.32. The summed E-state index contributed by atoms with van der Waals surface area (Å²) < 4.78 is 10.1. The summed E-state index contributed by atoms with van der Waals surface area (Å²) in [4.78, 5) is 22.8. The van der Waals surface area contributed by atoms with Gasteiger partial charge in [-0.2, -0.15) is 0 Å². The van der Waals surface area contributed by atoms with Crippen molar-refractivity contribution in [3.05, 3.63) is 33.9 Å². The number of carboxylic acid groups (broad SMARTS) is 1. The van der Waals surface area contributed by atoms with Crippen molar-refractivity contribution < 1.29 is 24.3 Å². The fourth-order valence-electron chi connectivity index (χ4n) is 1.87. The molecule has 0 atom stereocenters. The Morgan fingerprint density at radius 3 is 2.67 bits per heavy atom. The Morgan fingerprint density at radius 2 is 2.14 bits per heavy atom. The molecule has 8 heteroatoms. The summed E-state index contributed by atoms with van der Waals surface area (Å²) in [6.07, 6.45) is 0. The molecule has 0 unspecified atom stereocenters. The molecule has 0 saturated heterocycles. The van der Waals surface area contributed by atoms with E-state index in [4.69, 9.17) is 14.6 Å². The summed E-state index contributed by atoms with van der Waals surface area (Å²) >= 11 is 0. The van der Waals surface area contributed by atoms with Gasteiger partial charge in [-0.15, -0.1) is 0 Å². The Bertz CT molecular complexity index is 505. The van der Waals surface area contributed by atoms with Crippen molar-refractivity contribution in [1.82, 2.24) is 4.90 Å². The molecule has 0 bridgehead atoms. The summed E-state index contributed by atoms with van der Waals surface area (Å²) in [5.74, 6) is -0.496. The van der Waals surface area contributed by atoms with E-state index in [1.54, 1.807) is 4.90 Å². The average Bonchev–Trinajstić information content (AvgIpc) is 2.44. The van der Waals surface area contributed by atoms with Gasteiger partial charge >= 0.3 is 5.97 Å². The van der Waals surface area contributed by atoms with Crippen molar-refractivity contribution in [3.8, 4) is 5.75 Å². The van der Waals surface area contributed by atoms with E-state index in [2.05, 4.69) is 0 Å². The van der Waals surface area contributed by atoms with Crippen molar-refractivity contribution >= 4 is 11.7 Å². The molecule has 0 aliphatic carbocycles. The minimum absolute atomic E-state index is 0.0622. The van der Waals surface area contributed by atoms with Gasteiger partial charge in [0.15, 0.2) is 0 Å². The van der Waals surface area contributed by atoms with E-state index in [-0.39, 0.29) is 18.8 Å². The Balaban J connectivity index is 2.96. The van der Waals surface area contributed by atoms with Crippen LogP contribution < -0.4 is 4.74 Å². The van der Waals surface area contributed by atoms with Crippen LogP contribution in [0.15, 0.2) is 18.2 Å². The normalized spacial score (nSPS) is 10.6. The lowest BCUT2D eigenvalue weighted by Gasteiger charge is -2.21. The molecule has 0 fully saturated rings. The highest BCUT2D eigenvalue weighted by Gasteiger charge is 2.16. The molecule has 0 aromatic heterocycles. The van der Waals surface area contributed by atoms with Gasteiger partial charge in [0.05, 0.1) is 25.2 Å². The lowest BCUT2D eigenvalue weighted by molar-refractivity contribution is -0.384. The zero-order valence-electron chi connectivity index (χ0n) is 11.9. The van der Waals surface area contributed by atoms with Gasteiger partial charge in [0.1, 0.15) is 5.75 Å². The van der Waals surface area contributed by atoms with Gasteiger partial charge in [-0.25, -0.2) is 0 Å². The molecule has 0 saturated carbocycles. The van der Waals surface area contributed by atoms with Crippen LogP contribution >= 0.6 is 0 Å². The van der Waals surface area contributed by atoms with Crippen LogP contribution in [-0.4, -0.2) is 54.8 Å². The quantitative estimate of drug-likeness (QED) is 0.538.